The third kappa shape index (κ3) is 3.33. The minimum absolute atomic E-state index is 0.213. The van der Waals surface area contributed by atoms with Gasteiger partial charge in [0.05, 0.1) is 12.8 Å². The molecule has 2 aromatic rings. The average molecular weight is 336 g/mol. The Balaban J connectivity index is 2.17. The number of benzene rings is 1. The summed E-state index contributed by atoms with van der Waals surface area (Å²) in [6.07, 6.45) is 0. The molecular weight excluding hydrogens is 322 g/mol. The summed E-state index contributed by atoms with van der Waals surface area (Å²) in [6, 6.07) is 9.95. The number of hydrogen-bond acceptors (Lipinski definition) is 5. The summed E-state index contributed by atoms with van der Waals surface area (Å²) in [7, 11) is 1.32. The number of nitrogens with one attached hydrogen (secondary N) is 1. The van der Waals surface area contributed by atoms with Crippen molar-refractivity contribution in [3.63, 3.8) is 0 Å². The zero-order chi connectivity index (χ0) is 14.5. The Kier molecular flexibility index (Phi) is 4.68. The second kappa shape index (κ2) is 6.47. The van der Waals surface area contributed by atoms with Crippen LogP contribution >= 0.6 is 15.9 Å². The van der Waals surface area contributed by atoms with E-state index < -0.39 is 5.97 Å². The summed E-state index contributed by atoms with van der Waals surface area (Å²) in [5, 5.41) is 3.18. The van der Waals surface area contributed by atoms with E-state index in [1.165, 1.54) is 7.11 Å². The lowest BCUT2D eigenvalue weighted by Gasteiger charge is -2.10. The third-order valence-corrected chi connectivity index (χ3v) is 3.26. The topological polar surface area (TPSA) is 64.1 Å². The van der Waals surface area contributed by atoms with Crippen LogP contribution in [0.4, 0.5) is 5.82 Å². The Morgan fingerprint density at radius 3 is 2.65 bits per heavy atom. The number of nitrogens with zero attached hydrogens (tertiary/aromatic N) is 2. The highest BCUT2D eigenvalue weighted by atomic mass is 79.9. The zero-order valence-electron chi connectivity index (χ0n) is 11.2. The van der Waals surface area contributed by atoms with E-state index in [9.17, 15) is 4.79 Å². The Labute approximate surface area is 125 Å². The van der Waals surface area contributed by atoms with Crippen LogP contribution in [0.15, 0.2) is 34.9 Å². The van der Waals surface area contributed by atoms with Crippen LogP contribution in [0.25, 0.3) is 0 Å². The van der Waals surface area contributed by atoms with Crippen molar-refractivity contribution in [1.82, 2.24) is 9.97 Å². The lowest BCUT2D eigenvalue weighted by atomic mass is 10.2. The summed E-state index contributed by atoms with van der Waals surface area (Å²) >= 11 is 3.31. The number of ether oxygens (including phenoxy) is 1. The minimum Gasteiger partial charge on any atom is -0.464 e. The number of esters is 1. The fourth-order valence-corrected chi connectivity index (χ4v) is 2.09. The number of rotatable bonds is 4. The maximum atomic E-state index is 11.5. The number of carbonyl (C=O) groups excluding carboxylic acids is 1. The predicted octanol–water partition coefficient (Wildman–Crippen LogP) is 2.95. The normalized spacial score (nSPS) is 10.2. The van der Waals surface area contributed by atoms with Gasteiger partial charge in [-0.2, -0.15) is 0 Å². The number of carbonyl (C=O) groups is 1. The first-order valence-corrected chi connectivity index (χ1v) is 6.81. The summed E-state index contributed by atoms with van der Waals surface area (Å²) in [4.78, 5) is 20.0. The molecule has 0 fully saturated rings. The highest BCUT2D eigenvalue weighted by molar-refractivity contribution is 9.10. The van der Waals surface area contributed by atoms with E-state index in [0.717, 1.165) is 5.56 Å². The Morgan fingerprint density at radius 1 is 1.30 bits per heavy atom. The highest BCUT2D eigenvalue weighted by Crippen LogP contribution is 2.20. The van der Waals surface area contributed by atoms with Crippen molar-refractivity contribution >= 4 is 27.7 Å². The quantitative estimate of drug-likeness (QED) is 0.870. The van der Waals surface area contributed by atoms with E-state index in [1.54, 1.807) is 6.92 Å². The Bertz CT molecular complexity index is 617. The molecule has 0 saturated heterocycles. The summed E-state index contributed by atoms with van der Waals surface area (Å²) in [5.41, 5.74) is 1.87. The number of methoxy groups -OCH3 is 1. The van der Waals surface area contributed by atoms with Gasteiger partial charge in [-0.05, 0) is 28.4 Å². The molecule has 2 rings (SSSR count). The van der Waals surface area contributed by atoms with E-state index in [2.05, 4.69) is 36.0 Å². The first kappa shape index (κ1) is 14.5. The summed E-state index contributed by atoms with van der Waals surface area (Å²) in [6.45, 7) is 2.35. The van der Waals surface area contributed by atoms with Crippen molar-refractivity contribution in [2.45, 2.75) is 13.5 Å². The number of hydrogen-bond donors (Lipinski definition) is 1. The van der Waals surface area contributed by atoms with Gasteiger partial charge in [0, 0.05) is 6.54 Å². The number of aromatic nitrogens is 2. The smallest absolute Gasteiger partial charge is 0.358 e. The van der Waals surface area contributed by atoms with Crippen molar-refractivity contribution in [2.24, 2.45) is 0 Å². The van der Waals surface area contributed by atoms with Gasteiger partial charge in [-0.1, -0.05) is 30.3 Å². The van der Waals surface area contributed by atoms with Gasteiger partial charge in [-0.25, -0.2) is 14.8 Å². The molecule has 1 aromatic carbocycles. The molecule has 0 aliphatic carbocycles. The van der Waals surface area contributed by atoms with E-state index in [4.69, 9.17) is 0 Å². The van der Waals surface area contributed by atoms with Crippen LogP contribution in [0.3, 0.4) is 0 Å². The van der Waals surface area contributed by atoms with Crippen molar-refractivity contribution in [2.75, 3.05) is 12.4 Å². The van der Waals surface area contributed by atoms with Gasteiger partial charge in [0.1, 0.15) is 4.60 Å². The van der Waals surface area contributed by atoms with Gasteiger partial charge >= 0.3 is 5.97 Å². The summed E-state index contributed by atoms with van der Waals surface area (Å²) < 4.78 is 5.14. The number of aryl methyl sites for hydroxylation is 1. The molecule has 104 valence electrons. The van der Waals surface area contributed by atoms with Gasteiger partial charge in [-0.15, -0.1) is 0 Å². The van der Waals surface area contributed by atoms with Crippen molar-refractivity contribution in [3.05, 3.63) is 51.9 Å². The Morgan fingerprint density at radius 2 is 2.00 bits per heavy atom. The molecule has 0 amide bonds. The summed E-state index contributed by atoms with van der Waals surface area (Å²) in [5.74, 6) is 0.101. The molecule has 0 atom stereocenters. The number of halogens is 1. The second-order valence-corrected chi connectivity index (χ2v) is 4.88. The van der Waals surface area contributed by atoms with Crippen molar-refractivity contribution < 1.29 is 9.53 Å². The monoisotopic (exact) mass is 335 g/mol. The van der Waals surface area contributed by atoms with Gasteiger partial charge in [0.25, 0.3) is 0 Å². The highest BCUT2D eigenvalue weighted by Gasteiger charge is 2.15. The molecule has 20 heavy (non-hydrogen) atoms. The fourth-order valence-electron chi connectivity index (χ4n) is 1.68. The molecule has 0 spiro atoms. The van der Waals surface area contributed by atoms with E-state index >= 15 is 0 Å². The van der Waals surface area contributed by atoms with E-state index in [0.29, 0.717) is 22.7 Å². The molecular formula is C14H14BrN3O2. The zero-order valence-corrected chi connectivity index (χ0v) is 12.8. The lowest BCUT2D eigenvalue weighted by molar-refractivity contribution is 0.0592. The van der Waals surface area contributed by atoms with Crippen molar-refractivity contribution in [3.8, 4) is 0 Å². The maximum Gasteiger partial charge on any atom is 0.358 e. The molecule has 1 aromatic heterocycles. The molecule has 5 nitrogen and oxygen atoms in total. The lowest BCUT2D eigenvalue weighted by Crippen LogP contribution is -2.12. The molecule has 0 unspecified atom stereocenters. The minimum atomic E-state index is -0.495. The van der Waals surface area contributed by atoms with Gasteiger partial charge in [-0.3, -0.25) is 0 Å². The van der Waals surface area contributed by atoms with Gasteiger partial charge < -0.3 is 10.1 Å². The average Bonchev–Trinajstić information content (AvgIpc) is 2.48. The standard InChI is InChI=1S/C14H14BrN3O2/c1-9-11(14(19)20-2)18-12(15)13(17-9)16-8-10-6-4-3-5-7-10/h3-7H,8H2,1-2H3,(H,16,17). The molecule has 0 saturated carbocycles. The maximum absolute atomic E-state index is 11.5. The molecule has 0 bridgehead atoms. The van der Waals surface area contributed by atoms with Gasteiger partial charge in [0.15, 0.2) is 11.5 Å². The van der Waals surface area contributed by atoms with E-state index in [1.807, 2.05) is 30.3 Å². The van der Waals surface area contributed by atoms with Crippen LogP contribution in [0.1, 0.15) is 21.7 Å². The number of anilines is 1. The second-order valence-electron chi connectivity index (χ2n) is 4.13. The van der Waals surface area contributed by atoms with Crippen LogP contribution in [-0.2, 0) is 11.3 Å². The molecule has 0 aliphatic heterocycles. The molecule has 0 radical (unpaired) electrons. The van der Waals surface area contributed by atoms with Crippen LogP contribution in [-0.4, -0.2) is 23.0 Å². The molecule has 0 aliphatic rings. The predicted molar refractivity (Wildman–Crippen MR) is 79.6 cm³/mol. The molecule has 1 heterocycles. The van der Waals surface area contributed by atoms with Gasteiger partial charge in [0.2, 0.25) is 0 Å². The largest absolute Gasteiger partial charge is 0.464 e. The first-order chi connectivity index (χ1) is 9.61. The Hall–Kier alpha value is -1.95. The van der Waals surface area contributed by atoms with E-state index in [-0.39, 0.29) is 5.69 Å². The van der Waals surface area contributed by atoms with Crippen LogP contribution in [0.5, 0.6) is 0 Å². The fraction of sp³-hybridized carbons (Fsp3) is 0.214. The third-order valence-electron chi connectivity index (χ3n) is 2.71. The first-order valence-electron chi connectivity index (χ1n) is 6.02. The van der Waals surface area contributed by atoms with Crippen LogP contribution in [0.2, 0.25) is 0 Å². The molecule has 1 N–H and O–H groups in total. The van der Waals surface area contributed by atoms with Crippen molar-refractivity contribution in [1.29, 1.82) is 0 Å². The van der Waals surface area contributed by atoms with Crippen LogP contribution in [0, 0.1) is 6.92 Å². The molecule has 6 heteroatoms. The van der Waals surface area contributed by atoms with Crippen LogP contribution < -0.4 is 5.32 Å². The SMILES string of the molecule is COC(=O)c1nc(Br)c(NCc2ccccc2)nc1C.